The van der Waals surface area contributed by atoms with Gasteiger partial charge < -0.3 is 16.0 Å². The first-order valence-electron chi connectivity index (χ1n) is 7.90. The second-order valence-electron chi connectivity index (χ2n) is 5.57. The minimum absolute atomic E-state index is 0.00789. The zero-order valence-electron chi connectivity index (χ0n) is 13.9. The van der Waals surface area contributed by atoms with Gasteiger partial charge in [-0.05, 0) is 32.4 Å². The van der Waals surface area contributed by atoms with E-state index in [-0.39, 0.29) is 36.6 Å². The molecule has 0 unspecified atom stereocenters. The van der Waals surface area contributed by atoms with Crippen molar-refractivity contribution in [1.29, 1.82) is 0 Å². The van der Waals surface area contributed by atoms with Gasteiger partial charge in [0.25, 0.3) is 5.91 Å². The lowest BCUT2D eigenvalue weighted by molar-refractivity contribution is -0.124. The SMILES string of the molecule is CCCNC(=O)CCC(=O)Nc1ccccc1C(=O)NC(C)C. The maximum absolute atomic E-state index is 12.1. The highest BCUT2D eigenvalue weighted by Gasteiger charge is 2.14. The Morgan fingerprint density at radius 3 is 2.35 bits per heavy atom. The van der Waals surface area contributed by atoms with Crippen LogP contribution < -0.4 is 16.0 Å². The quantitative estimate of drug-likeness (QED) is 0.685. The molecule has 0 spiro atoms. The van der Waals surface area contributed by atoms with Crippen LogP contribution in [0.1, 0.15) is 50.4 Å². The molecule has 0 aliphatic rings. The molecule has 1 aromatic rings. The van der Waals surface area contributed by atoms with Crippen molar-refractivity contribution >= 4 is 23.4 Å². The topological polar surface area (TPSA) is 87.3 Å². The summed E-state index contributed by atoms with van der Waals surface area (Å²) in [6, 6.07) is 6.82. The van der Waals surface area contributed by atoms with E-state index in [1.165, 1.54) is 0 Å². The van der Waals surface area contributed by atoms with Crippen molar-refractivity contribution in [3.63, 3.8) is 0 Å². The minimum atomic E-state index is -0.290. The molecule has 0 saturated heterocycles. The standard InChI is InChI=1S/C17H25N3O3/c1-4-11-18-15(21)9-10-16(22)20-14-8-6-5-7-13(14)17(23)19-12(2)3/h5-8,12H,4,9-11H2,1-3H3,(H,18,21)(H,19,23)(H,20,22). The Hall–Kier alpha value is -2.37. The number of hydrogen-bond acceptors (Lipinski definition) is 3. The third-order valence-electron chi connectivity index (χ3n) is 3.02. The van der Waals surface area contributed by atoms with Gasteiger partial charge >= 0.3 is 0 Å². The van der Waals surface area contributed by atoms with Crippen LogP contribution in [0.2, 0.25) is 0 Å². The van der Waals surface area contributed by atoms with Crippen LogP contribution in [0.4, 0.5) is 5.69 Å². The number of anilines is 1. The van der Waals surface area contributed by atoms with Gasteiger partial charge in [0.05, 0.1) is 11.3 Å². The van der Waals surface area contributed by atoms with Gasteiger partial charge in [-0.15, -0.1) is 0 Å². The second-order valence-corrected chi connectivity index (χ2v) is 5.57. The molecule has 126 valence electrons. The number of para-hydroxylation sites is 1. The summed E-state index contributed by atoms with van der Waals surface area (Å²) in [5.74, 6) is -0.675. The van der Waals surface area contributed by atoms with Crippen molar-refractivity contribution < 1.29 is 14.4 Å². The van der Waals surface area contributed by atoms with Crippen molar-refractivity contribution in [1.82, 2.24) is 10.6 Å². The molecule has 0 saturated carbocycles. The predicted octanol–water partition coefficient (Wildman–Crippen LogP) is 2.07. The monoisotopic (exact) mass is 319 g/mol. The fraction of sp³-hybridized carbons (Fsp3) is 0.471. The third kappa shape index (κ3) is 6.95. The van der Waals surface area contributed by atoms with Crippen molar-refractivity contribution in [3.8, 4) is 0 Å². The molecule has 0 fully saturated rings. The lowest BCUT2D eigenvalue weighted by atomic mass is 10.1. The van der Waals surface area contributed by atoms with Crippen LogP contribution in [0.3, 0.4) is 0 Å². The summed E-state index contributed by atoms with van der Waals surface area (Å²) in [4.78, 5) is 35.6. The van der Waals surface area contributed by atoms with Crippen molar-refractivity contribution in [2.75, 3.05) is 11.9 Å². The number of benzene rings is 1. The fourth-order valence-electron chi connectivity index (χ4n) is 1.92. The van der Waals surface area contributed by atoms with Crippen molar-refractivity contribution in [2.45, 2.75) is 46.1 Å². The number of carbonyl (C=O) groups excluding carboxylic acids is 3. The maximum atomic E-state index is 12.1. The predicted molar refractivity (Wildman–Crippen MR) is 90.2 cm³/mol. The molecule has 6 heteroatoms. The lowest BCUT2D eigenvalue weighted by Crippen LogP contribution is -2.31. The average molecular weight is 319 g/mol. The molecule has 0 radical (unpaired) electrons. The van der Waals surface area contributed by atoms with Gasteiger partial charge in [0, 0.05) is 25.4 Å². The third-order valence-corrected chi connectivity index (χ3v) is 3.02. The van der Waals surface area contributed by atoms with E-state index in [1.807, 2.05) is 20.8 Å². The fourth-order valence-corrected chi connectivity index (χ4v) is 1.92. The number of nitrogens with one attached hydrogen (secondary N) is 3. The molecule has 1 aromatic carbocycles. The molecule has 0 aromatic heterocycles. The molecule has 23 heavy (non-hydrogen) atoms. The van der Waals surface area contributed by atoms with E-state index < -0.39 is 0 Å². The first kappa shape index (κ1) is 18.7. The molecule has 0 aliphatic heterocycles. The van der Waals surface area contributed by atoms with E-state index in [0.717, 1.165) is 6.42 Å². The molecule has 1 rings (SSSR count). The van der Waals surface area contributed by atoms with Gasteiger partial charge in [-0.1, -0.05) is 19.1 Å². The molecular formula is C17H25N3O3. The normalized spacial score (nSPS) is 10.3. The Morgan fingerprint density at radius 2 is 1.70 bits per heavy atom. The van der Waals surface area contributed by atoms with Gasteiger partial charge in [0.15, 0.2) is 0 Å². The molecule has 3 N–H and O–H groups in total. The van der Waals surface area contributed by atoms with Crippen LogP contribution in [-0.4, -0.2) is 30.3 Å². The summed E-state index contributed by atoms with van der Waals surface area (Å²) < 4.78 is 0. The van der Waals surface area contributed by atoms with Crippen LogP contribution in [0.25, 0.3) is 0 Å². The summed E-state index contributed by atoms with van der Waals surface area (Å²) in [6.07, 6.45) is 1.07. The Balaban J connectivity index is 2.61. The summed E-state index contributed by atoms with van der Waals surface area (Å²) >= 11 is 0. The highest BCUT2D eigenvalue weighted by atomic mass is 16.2. The van der Waals surface area contributed by atoms with E-state index >= 15 is 0 Å². The number of hydrogen-bond donors (Lipinski definition) is 3. The van der Waals surface area contributed by atoms with Crippen LogP contribution >= 0.6 is 0 Å². The molecule has 0 bridgehead atoms. The Morgan fingerprint density at radius 1 is 1.04 bits per heavy atom. The largest absolute Gasteiger partial charge is 0.356 e. The van der Waals surface area contributed by atoms with Gasteiger partial charge in [-0.2, -0.15) is 0 Å². The summed E-state index contributed by atoms with van der Waals surface area (Å²) in [7, 11) is 0. The van der Waals surface area contributed by atoms with Gasteiger partial charge in [0.1, 0.15) is 0 Å². The second kappa shape index (κ2) is 9.61. The first-order chi connectivity index (χ1) is 10.9. The number of carbonyl (C=O) groups is 3. The van der Waals surface area contributed by atoms with Crippen LogP contribution in [0, 0.1) is 0 Å². The van der Waals surface area contributed by atoms with Crippen molar-refractivity contribution in [3.05, 3.63) is 29.8 Å². The van der Waals surface area contributed by atoms with Gasteiger partial charge in [-0.3, -0.25) is 14.4 Å². The van der Waals surface area contributed by atoms with Crippen LogP contribution in [0.15, 0.2) is 24.3 Å². The van der Waals surface area contributed by atoms with Crippen LogP contribution in [-0.2, 0) is 9.59 Å². The molecule has 0 aliphatic carbocycles. The van der Waals surface area contributed by atoms with Gasteiger partial charge in [-0.25, -0.2) is 0 Å². The summed E-state index contributed by atoms with van der Waals surface area (Å²) in [5, 5.41) is 8.21. The number of rotatable bonds is 8. The molecule has 3 amide bonds. The smallest absolute Gasteiger partial charge is 0.253 e. The highest BCUT2D eigenvalue weighted by molar-refractivity contribution is 6.04. The van der Waals surface area contributed by atoms with Crippen LogP contribution in [0.5, 0.6) is 0 Å². The van der Waals surface area contributed by atoms with E-state index in [1.54, 1.807) is 24.3 Å². The molecular weight excluding hydrogens is 294 g/mol. The Kier molecular flexibility index (Phi) is 7.80. The van der Waals surface area contributed by atoms with E-state index in [4.69, 9.17) is 0 Å². The lowest BCUT2D eigenvalue weighted by Gasteiger charge is -2.13. The van der Waals surface area contributed by atoms with E-state index in [2.05, 4.69) is 16.0 Å². The maximum Gasteiger partial charge on any atom is 0.253 e. The average Bonchev–Trinajstić information content (AvgIpc) is 2.50. The Labute approximate surface area is 137 Å². The molecule has 0 heterocycles. The van der Waals surface area contributed by atoms with Gasteiger partial charge in [0.2, 0.25) is 11.8 Å². The zero-order chi connectivity index (χ0) is 17.2. The van der Waals surface area contributed by atoms with Crippen molar-refractivity contribution in [2.24, 2.45) is 0 Å². The summed E-state index contributed by atoms with van der Waals surface area (Å²) in [5.41, 5.74) is 0.856. The van der Waals surface area contributed by atoms with E-state index in [0.29, 0.717) is 17.8 Å². The Bertz CT molecular complexity index is 556. The first-order valence-corrected chi connectivity index (χ1v) is 7.90. The minimum Gasteiger partial charge on any atom is -0.356 e. The molecule has 6 nitrogen and oxygen atoms in total. The number of amides is 3. The molecule has 0 atom stereocenters. The zero-order valence-corrected chi connectivity index (χ0v) is 13.9. The van der Waals surface area contributed by atoms with E-state index in [9.17, 15) is 14.4 Å². The summed E-state index contributed by atoms with van der Waals surface area (Å²) in [6.45, 7) is 6.31. The highest BCUT2D eigenvalue weighted by Crippen LogP contribution is 2.15.